The van der Waals surface area contributed by atoms with Crippen LogP contribution < -0.4 is 20.1 Å². The molecule has 0 aliphatic carbocycles. The van der Waals surface area contributed by atoms with Gasteiger partial charge < -0.3 is 34.7 Å². The predicted octanol–water partition coefficient (Wildman–Crippen LogP) is 7.13. The zero-order valence-corrected chi connectivity index (χ0v) is 29.5. The fraction of sp³-hybridized carbons (Fsp3) is 0.406. The Kier molecular flexibility index (Phi) is 18.0. The molecule has 0 radical (unpaired) electrons. The number of halogens is 3. The summed E-state index contributed by atoms with van der Waals surface area (Å²) in [5.74, 6) is 1.94. The smallest absolute Gasteiger partial charge is 0.344 e. The fourth-order valence-electron chi connectivity index (χ4n) is 4.45. The molecule has 0 unspecified atom stereocenters. The monoisotopic (exact) mass is 712 g/mol. The van der Waals surface area contributed by atoms with Gasteiger partial charge >= 0.3 is 5.97 Å². The molecule has 0 aliphatic heterocycles. The number of nitrogens with zero attached hydrogens (tertiary/aromatic N) is 3. The van der Waals surface area contributed by atoms with Crippen LogP contribution in [-0.4, -0.2) is 78.6 Å². The van der Waals surface area contributed by atoms with Crippen molar-refractivity contribution in [2.75, 3.05) is 58.1 Å². The van der Waals surface area contributed by atoms with E-state index in [1.54, 1.807) is 11.8 Å². The first-order valence-corrected chi connectivity index (χ1v) is 16.2. The summed E-state index contributed by atoms with van der Waals surface area (Å²) in [6.45, 7) is 5.32. The Labute approximate surface area is 292 Å². The average molecular weight is 714 g/mol. The number of benzene rings is 2. The lowest BCUT2D eigenvalue weighted by Gasteiger charge is -2.17. The molecule has 0 atom stereocenters. The first-order valence-electron chi connectivity index (χ1n) is 14.8. The Morgan fingerprint density at radius 1 is 1.04 bits per heavy atom. The number of anilines is 2. The maximum Gasteiger partial charge on any atom is 0.344 e. The number of thioether (sulfide) groups is 1. The summed E-state index contributed by atoms with van der Waals surface area (Å²) < 4.78 is 17.3. The number of unbranched alkanes of at least 4 members (excludes halogenated alkanes) is 1. The Bertz CT molecular complexity index is 1480. The van der Waals surface area contributed by atoms with Crippen LogP contribution >= 0.6 is 48.2 Å². The molecule has 0 fully saturated rings. The minimum Gasteiger partial charge on any atom is -0.489 e. The van der Waals surface area contributed by atoms with Crippen molar-refractivity contribution < 1.29 is 19.0 Å². The van der Waals surface area contributed by atoms with Crippen molar-refractivity contribution in [2.24, 2.45) is 0 Å². The van der Waals surface area contributed by atoms with Gasteiger partial charge in [0.2, 0.25) is 0 Å². The standard InChI is InChI=1S/C32H41ClN6O4S.2ClH/c1-4-5-15-42-29(40)21-43-28-18-25(9-12-27(28)41-16-17-44-26-10-7-24(33)8-11-26)38-32-30-23(19-35-31(30)36-22-37-32)20-39(3)14-6-13-34-2;;/h7-12,18-19,22,34H,4-6,13-17,20-21H2,1-3H3,(H2,35,36,37,38);2*1H. The van der Waals surface area contributed by atoms with Crippen molar-refractivity contribution in [3.8, 4) is 11.5 Å². The highest BCUT2D eigenvalue weighted by Crippen LogP contribution is 2.34. The maximum absolute atomic E-state index is 12.3. The number of H-pyrrole nitrogens is 1. The minimum absolute atomic E-state index is 0. The van der Waals surface area contributed by atoms with Crippen molar-refractivity contribution in [1.82, 2.24) is 25.2 Å². The predicted molar refractivity (Wildman–Crippen MR) is 192 cm³/mol. The number of carbonyl (C=O) groups is 1. The van der Waals surface area contributed by atoms with E-state index in [0.29, 0.717) is 35.6 Å². The molecule has 2 aromatic carbocycles. The average Bonchev–Trinajstić information content (AvgIpc) is 3.43. The van der Waals surface area contributed by atoms with Gasteiger partial charge in [0.05, 0.1) is 18.6 Å². The van der Waals surface area contributed by atoms with E-state index in [1.807, 2.05) is 62.6 Å². The third kappa shape index (κ3) is 12.4. The molecule has 4 aromatic rings. The van der Waals surface area contributed by atoms with E-state index in [0.717, 1.165) is 71.8 Å². The quantitative estimate of drug-likeness (QED) is 0.0527. The molecular weight excluding hydrogens is 671 g/mol. The molecule has 0 spiro atoms. The molecule has 4 rings (SSSR count). The lowest BCUT2D eigenvalue weighted by molar-refractivity contribution is -0.146. The van der Waals surface area contributed by atoms with Crippen molar-refractivity contribution in [1.29, 1.82) is 0 Å². The zero-order chi connectivity index (χ0) is 31.1. The van der Waals surface area contributed by atoms with Gasteiger partial charge in [-0.3, -0.25) is 0 Å². The van der Waals surface area contributed by atoms with E-state index in [9.17, 15) is 4.79 Å². The normalized spacial score (nSPS) is 10.7. The first kappa shape index (κ1) is 39.2. The number of rotatable bonds is 19. The molecule has 0 amide bonds. The summed E-state index contributed by atoms with van der Waals surface area (Å²) in [6, 6.07) is 13.2. The van der Waals surface area contributed by atoms with Crippen molar-refractivity contribution in [3.63, 3.8) is 0 Å². The third-order valence-corrected chi connectivity index (χ3v) is 7.92. The molecule has 2 aromatic heterocycles. The van der Waals surface area contributed by atoms with Crippen molar-refractivity contribution in [2.45, 2.75) is 37.6 Å². The Balaban J connectivity index is 0.00000368. The van der Waals surface area contributed by atoms with E-state index in [-0.39, 0.29) is 31.4 Å². The van der Waals surface area contributed by atoms with Crippen LogP contribution in [-0.2, 0) is 16.1 Å². The minimum atomic E-state index is -0.422. The summed E-state index contributed by atoms with van der Waals surface area (Å²) in [6.07, 6.45) is 6.32. The molecular formula is C32H43Cl3N6O4S. The van der Waals surface area contributed by atoms with Gasteiger partial charge in [-0.1, -0.05) is 24.9 Å². The van der Waals surface area contributed by atoms with Gasteiger partial charge in [0.1, 0.15) is 17.8 Å². The van der Waals surface area contributed by atoms with E-state index >= 15 is 0 Å². The molecule has 0 saturated carbocycles. The Hall–Kier alpha value is -2.93. The van der Waals surface area contributed by atoms with Gasteiger partial charge in [-0.15, -0.1) is 36.6 Å². The Morgan fingerprint density at radius 2 is 1.85 bits per heavy atom. The highest BCUT2D eigenvalue weighted by atomic mass is 35.5. The van der Waals surface area contributed by atoms with Crippen LogP contribution in [0, 0.1) is 0 Å². The van der Waals surface area contributed by atoms with Crippen LogP contribution in [0.4, 0.5) is 11.5 Å². The van der Waals surface area contributed by atoms with E-state index in [4.69, 9.17) is 25.8 Å². The number of fused-ring (bicyclic) bond motifs is 1. The molecule has 0 saturated heterocycles. The number of ether oxygens (including phenoxy) is 3. The summed E-state index contributed by atoms with van der Waals surface area (Å²) in [5.41, 5.74) is 2.59. The zero-order valence-electron chi connectivity index (χ0n) is 26.3. The lowest BCUT2D eigenvalue weighted by Crippen LogP contribution is -2.22. The number of hydrogen-bond donors (Lipinski definition) is 3. The number of aromatic amines is 1. The van der Waals surface area contributed by atoms with Crippen LogP contribution in [0.2, 0.25) is 5.02 Å². The van der Waals surface area contributed by atoms with Crippen LogP contribution in [0.5, 0.6) is 11.5 Å². The second kappa shape index (κ2) is 21.0. The molecule has 14 heteroatoms. The molecule has 3 N–H and O–H groups in total. The van der Waals surface area contributed by atoms with Gasteiger partial charge in [-0.25, -0.2) is 14.8 Å². The van der Waals surface area contributed by atoms with Crippen LogP contribution in [0.1, 0.15) is 31.7 Å². The highest BCUT2D eigenvalue weighted by Gasteiger charge is 2.15. The lowest BCUT2D eigenvalue weighted by atomic mass is 10.2. The number of aromatic nitrogens is 3. The fourth-order valence-corrected chi connectivity index (χ4v) is 5.30. The van der Waals surface area contributed by atoms with Crippen LogP contribution in [0.25, 0.3) is 11.0 Å². The molecule has 0 aliphatic rings. The maximum atomic E-state index is 12.3. The number of nitrogens with one attached hydrogen (secondary N) is 3. The van der Waals surface area contributed by atoms with Crippen LogP contribution in [0.3, 0.4) is 0 Å². The number of hydrogen-bond acceptors (Lipinski definition) is 10. The first-order chi connectivity index (χ1) is 21.5. The topological polar surface area (TPSA) is 114 Å². The number of carbonyl (C=O) groups excluding carboxylic acids is 1. The number of esters is 1. The summed E-state index contributed by atoms with van der Waals surface area (Å²) in [7, 11) is 4.07. The van der Waals surface area contributed by atoms with Gasteiger partial charge in [0.15, 0.2) is 18.1 Å². The van der Waals surface area contributed by atoms with E-state index < -0.39 is 5.97 Å². The van der Waals surface area contributed by atoms with E-state index in [1.165, 1.54) is 6.33 Å². The SMILES string of the molecule is CCCCOC(=O)COc1cc(Nc2ncnc3[nH]cc(CN(C)CCCNC)c23)ccc1OCCSc1ccc(Cl)cc1.Cl.Cl. The second-order valence-electron chi connectivity index (χ2n) is 10.3. The van der Waals surface area contributed by atoms with Gasteiger partial charge in [-0.2, -0.15) is 0 Å². The van der Waals surface area contributed by atoms with Crippen molar-refractivity contribution in [3.05, 3.63) is 65.6 Å². The molecule has 46 heavy (non-hydrogen) atoms. The molecule has 2 heterocycles. The molecule has 10 nitrogen and oxygen atoms in total. The highest BCUT2D eigenvalue weighted by molar-refractivity contribution is 7.99. The second-order valence-corrected chi connectivity index (χ2v) is 11.9. The van der Waals surface area contributed by atoms with E-state index in [2.05, 4.69) is 37.5 Å². The van der Waals surface area contributed by atoms with Gasteiger partial charge in [0.25, 0.3) is 0 Å². The molecule has 0 bridgehead atoms. The third-order valence-electron chi connectivity index (χ3n) is 6.69. The summed E-state index contributed by atoms with van der Waals surface area (Å²) >= 11 is 7.66. The van der Waals surface area contributed by atoms with Gasteiger partial charge in [0, 0.05) is 40.2 Å². The van der Waals surface area contributed by atoms with Gasteiger partial charge in [-0.05, 0) is 82.0 Å². The van der Waals surface area contributed by atoms with Crippen molar-refractivity contribution >= 4 is 76.7 Å². The summed E-state index contributed by atoms with van der Waals surface area (Å²) in [4.78, 5) is 27.9. The Morgan fingerprint density at radius 3 is 2.61 bits per heavy atom. The largest absolute Gasteiger partial charge is 0.489 e. The van der Waals surface area contributed by atoms with Crippen LogP contribution in [0.15, 0.2) is 59.9 Å². The summed E-state index contributed by atoms with van der Waals surface area (Å²) in [5, 5.41) is 8.25. The molecule has 252 valence electrons.